The summed E-state index contributed by atoms with van der Waals surface area (Å²) < 4.78 is 10.3. The van der Waals surface area contributed by atoms with Gasteiger partial charge in [-0.3, -0.25) is 10.1 Å². The summed E-state index contributed by atoms with van der Waals surface area (Å²) in [5, 5.41) is 14.4. The second-order valence-corrected chi connectivity index (χ2v) is 4.00. The van der Waals surface area contributed by atoms with Crippen molar-refractivity contribution in [1.82, 2.24) is 5.16 Å². The monoisotopic (exact) mass is 268 g/mol. The molecule has 0 saturated heterocycles. The van der Waals surface area contributed by atoms with E-state index in [4.69, 9.17) is 20.9 Å². The van der Waals surface area contributed by atoms with E-state index in [2.05, 4.69) is 5.16 Å². The van der Waals surface area contributed by atoms with Crippen LogP contribution in [-0.2, 0) is 6.61 Å². The first-order valence-corrected chi connectivity index (χ1v) is 5.43. The molecular weight excluding hydrogens is 260 g/mol. The number of hydrogen-bond acceptors (Lipinski definition) is 5. The van der Waals surface area contributed by atoms with E-state index in [1.165, 1.54) is 18.2 Å². The van der Waals surface area contributed by atoms with Crippen molar-refractivity contribution in [3.63, 3.8) is 0 Å². The first kappa shape index (κ1) is 12.4. The van der Waals surface area contributed by atoms with Crippen molar-refractivity contribution in [2.75, 3.05) is 0 Å². The molecular formula is C11H9ClN2O4. The van der Waals surface area contributed by atoms with Gasteiger partial charge in [-0.05, 0) is 13.0 Å². The van der Waals surface area contributed by atoms with Crippen molar-refractivity contribution in [2.24, 2.45) is 0 Å². The smallest absolute Gasteiger partial charge is 0.288 e. The Morgan fingerprint density at radius 3 is 2.83 bits per heavy atom. The Kier molecular flexibility index (Phi) is 3.47. The summed E-state index contributed by atoms with van der Waals surface area (Å²) in [4.78, 5) is 10.0. The topological polar surface area (TPSA) is 78.4 Å². The number of aryl methyl sites for hydroxylation is 1. The summed E-state index contributed by atoms with van der Waals surface area (Å²) in [5.41, 5.74) is 0.489. The maximum Gasteiger partial charge on any atom is 0.288 e. The fourth-order valence-electron chi connectivity index (χ4n) is 1.37. The van der Waals surface area contributed by atoms with Crippen molar-refractivity contribution >= 4 is 17.3 Å². The summed E-state index contributed by atoms with van der Waals surface area (Å²) in [6.07, 6.45) is 0. The van der Waals surface area contributed by atoms with Crippen molar-refractivity contribution in [3.8, 4) is 5.75 Å². The molecule has 94 valence electrons. The van der Waals surface area contributed by atoms with Crippen molar-refractivity contribution in [1.29, 1.82) is 0 Å². The van der Waals surface area contributed by atoms with E-state index in [1.807, 2.05) is 0 Å². The van der Waals surface area contributed by atoms with E-state index in [0.29, 0.717) is 17.2 Å². The van der Waals surface area contributed by atoms with Gasteiger partial charge in [0, 0.05) is 18.2 Å². The van der Waals surface area contributed by atoms with Gasteiger partial charge < -0.3 is 9.26 Å². The molecule has 0 unspecified atom stereocenters. The molecule has 18 heavy (non-hydrogen) atoms. The molecule has 7 heteroatoms. The molecule has 0 amide bonds. The largest absolute Gasteiger partial charge is 0.487 e. The second-order valence-electron chi connectivity index (χ2n) is 3.59. The number of aromatic nitrogens is 1. The highest BCUT2D eigenvalue weighted by atomic mass is 35.5. The van der Waals surface area contributed by atoms with Crippen LogP contribution in [0.5, 0.6) is 5.75 Å². The van der Waals surface area contributed by atoms with Crippen LogP contribution in [0.4, 0.5) is 5.69 Å². The molecule has 0 atom stereocenters. The van der Waals surface area contributed by atoms with Crippen LogP contribution >= 0.6 is 11.6 Å². The lowest BCUT2D eigenvalue weighted by atomic mass is 10.3. The van der Waals surface area contributed by atoms with E-state index < -0.39 is 4.92 Å². The fourth-order valence-corrected chi connectivity index (χ4v) is 1.61. The number of halogens is 1. The molecule has 0 radical (unpaired) electrons. The van der Waals surface area contributed by atoms with Crippen LogP contribution in [-0.4, -0.2) is 10.1 Å². The molecule has 1 heterocycles. The third-order valence-electron chi connectivity index (χ3n) is 2.18. The summed E-state index contributed by atoms with van der Waals surface area (Å²) in [6.45, 7) is 1.99. The predicted octanol–water partition coefficient (Wildman–Crippen LogP) is 3.12. The molecule has 0 aliphatic rings. The number of nitro benzene ring substituents is 1. The minimum atomic E-state index is -0.549. The zero-order valence-corrected chi connectivity index (χ0v) is 10.2. The maximum atomic E-state index is 10.6. The molecule has 0 spiro atoms. The number of nitro groups is 1. The Balaban J connectivity index is 2.06. The van der Waals surface area contributed by atoms with Gasteiger partial charge in [-0.2, -0.15) is 0 Å². The third-order valence-corrected chi connectivity index (χ3v) is 2.48. The molecule has 0 aliphatic carbocycles. The molecule has 2 rings (SSSR count). The number of nitrogens with zero attached hydrogens (tertiary/aromatic N) is 2. The Bertz CT molecular complexity index is 582. The van der Waals surface area contributed by atoms with Gasteiger partial charge in [-0.1, -0.05) is 16.8 Å². The van der Waals surface area contributed by atoms with Gasteiger partial charge >= 0.3 is 0 Å². The van der Waals surface area contributed by atoms with Crippen LogP contribution in [0.1, 0.15) is 11.5 Å². The number of hydrogen-bond donors (Lipinski definition) is 0. The molecule has 1 aromatic carbocycles. The first-order valence-electron chi connectivity index (χ1n) is 5.05. The Labute approximate surface area is 107 Å². The third kappa shape index (κ3) is 2.78. The molecule has 0 aliphatic heterocycles. The fraction of sp³-hybridized carbons (Fsp3) is 0.182. The minimum Gasteiger partial charge on any atom is -0.487 e. The normalized spacial score (nSPS) is 10.3. The lowest BCUT2D eigenvalue weighted by molar-refractivity contribution is -0.384. The van der Waals surface area contributed by atoms with Gasteiger partial charge in [-0.25, -0.2) is 0 Å². The maximum absolute atomic E-state index is 10.6. The Morgan fingerprint density at radius 2 is 2.28 bits per heavy atom. The van der Waals surface area contributed by atoms with Crippen molar-refractivity contribution < 1.29 is 14.2 Å². The SMILES string of the molecule is Cc1cc(COc2ccc([N+](=O)[O-])c(Cl)c2)no1. The highest BCUT2D eigenvalue weighted by Crippen LogP contribution is 2.28. The lowest BCUT2D eigenvalue weighted by Gasteiger charge is -2.04. The summed E-state index contributed by atoms with van der Waals surface area (Å²) in [5.74, 6) is 1.13. The quantitative estimate of drug-likeness (QED) is 0.629. The highest BCUT2D eigenvalue weighted by molar-refractivity contribution is 6.32. The van der Waals surface area contributed by atoms with Gasteiger partial charge in [0.1, 0.15) is 28.8 Å². The van der Waals surface area contributed by atoms with Crippen LogP contribution in [0, 0.1) is 17.0 Å². The number of benzene rings is 1. The van der Waals surface area contributed by atoms with Gasteiger partial charge in [0.15, 0.2) is 0 Å². The number of ether oxygens (including phenoxy) is 1. The summed E-state index contributed by atoms with van der Waals surface area (Å²) in [6, 6.07) is 5.92. The van der Waals surface area contributed by atoms with Gasteiger partial charge in [0.25, 0.3) is 5.69 Å². The van der Waals surface area contributed by atoms with Crippen LogP contribution in [0.15, 0.2) is 28.8 Å². The summed E-state index contributed by atoms with van der Waals surface area (Å²) >= 11 is 5.75. The molecule has 0 fully saturated rings. The van der Waals surface area contributed by atoms with E-state index in [0.717, 1.165) is 0 Å². The highest BCUT2D eigenvalue weighted by Gasteiger charge is 2.12. The first-order chi connectivity index (χ1) is 8.56. The van der Waals surface area contributed by atoms with Crippen LogP contribution in [0.3, 0.4) is 0 Å². The van der Waals surface area contributed by atoms with Crippen molar-refractivity contribution in [3.05, 3.63) is 50.9 Å². The van der Waals surface area contributed by atoms with Gasteiger partial charge in [-0.15, -0.1) is 0 Å². The van der Waals surface area contributed by atoms with E-state index >= 15 is 0 Å². The zero-order chi connectivity index (χ0) is 13.1. The lowest BCUT2D eigenvalue weighted by Crippen LogP contribution is -1.96. The van der Waals surface area contributed by atoms with Crippen LogP contribution < -0.4 is 4.74 Å². The van der Waals surface area contributed by atoms with Gasteiger partial charge in [0.05, 0.1) is 4.92 Å². The molecule has 0 saturated carbocycles. The molecule has 2 aromatic rings. The number of rotatable bonds is 4. The average Bonchev–Trinajstić information content (AvgIpc) is 2.72. The zero-order valence-electron chi connectivity index (χ0n) is 9.42. The predicted molar refractivity (Wildman–Crippen MR) is 63.7 cm³/mol. The minimum absolute atomic E-state index is 0.0360. The molecule has 1 aromatic heterocycles. The average molecular weight is 269 g/mol. The van der Waals surface area contributed by atoms with E-state index in [1.54, 1.807) is 13.0 Å². The van der Waals surface area contributed by atoms with E-state index in [9.17, 15) is 10.1 Å². The molecule has 0 bridgehead atoms. The van der Waals surface area contributed by atoms with E-state index in [-0.39, 0.29) is 17.3 Å². The molecule has 0 N–H and O–H groups in total. The Morgan fingerprint density at radius 1 is 1.50 bits per heavy atom. The van der Waals surface area contributed by atoms with Crippen LogP contribution in [0.25, 0.3) is 0 Å². The second kappa shape index (κ2) is 5.05. The standard InChI is InChI=1S/C11H9ClN2O4/c1-7-4-8(13-18-7)6-17-9-2-3-11(14(15)16)10(12)5-9/h2-5H,6H2,1H3. The Hall–Kier alpha value is -2.08. The summed E-state index contributed by atoms with van der Waals surface area (Å²) in [7, 11) is 0. The van der Waals surface area contributed by atoms with Gasteiger partial charge in [0.2, 0.25) is 0 Å². The van der Waals surface area contributed by atoms with Crippen LogP contribution in [0.2, 0.25) is 5.02 Å². The van der Waals surface area contributed by atoms with Crippen molar-refractivity contribution in [2.45, 2.75) is 13.5 Å². The molecule has 6 nitrogen and oxygen atoms in total.